The van der Waals surface area contributed by atoms with Crippen LogP contribution in [0.15, 0.2) is 65.9 Å². The number of nitrogens with zero attached hydrogens (tertiary/aromatic N) is 3. The van der Waals surface area contributed by atoms with Crippen molar-refractivity contribution in [1.82, 2.24) is 4.98 Å². The van der Waals surface area contributed by atoms with Crippen molar-refractivity contribution in [2.75, 3.05) is 5.32 Å². The fraction of sp³-hybridized carbons (Fsp3) is 0.0455. The fourth-order valence-electron chi connectivity index (χ4n) is 2.97. The van der Waals surface area contributed by atoms with Gasteiger partial charge >= 0.3 is 0 Å². The zero-order valence-electron chi connectivity index (χ0n) is 14.1. The second-order valence-electron chi connectivity index (χ2n) is 5.95. The number of nitriles is 1. The lowest BCUT2D eigenvalue weighted by atomic mass is 10.1. The monoisotopic (exact) mass is 336 g/mol. The Bertz CT molecular complexity index is 1040. The summed E-state index contributed by atoms with van der Waals surface area (Å²) in [6.07, 6.45) is 10.0. The summed E-state index contributed by atoms with van der Waals surface area (Å²) in [6, 6.07) is 18.3. The van der Waals surface area contributed by atoms with Gasteiger partial charge in [0.05, 0.1) is 16.9 Å². The Labute approximate surface area is 152 Å². The molecule has 26 heavy (non-hydrogen) atoms. The average Bonchev–Trinajstić information content (AvgIpc) is 3.18. The quantitative estimate of drug-likeness (QED) is 0.719. The van der Waals surface area contributed by atoms with Gasteiger partial charge in [0.1, 0.15) is 6.07 Å². The standard InChI is InChI=1S/C22H16N4/c23-13-18-15-24-14-17(10-9-16-5-2-1-3-6-16)22(18)26-21-8-4-7-20-19(21)11-12-25-20/h1-10,12,14-15H,11H2,(H,24,26)/b10-9+. The first-order valence-electron chi connectivity index (χ1n) is 8.38. The Kier molecular flexibility index (Phi) is 4.28. The highest BCUT2D eigenvalue weighted by Crippen LogP contribution is 2.34. The maximum atomic E-state index is 9.52. The summed E-state index contributed by atoms with van der Waals surface area (Å²) < 4.78 is 0. The maximum absolute atomic E-state index is 9.52. The van der Waals surface area contributed by atoms with Crippen molar-refractivity contribution in [3.63, 3.8) is 0 Å². The molecule has 0 bridgehead atoms. The van der Waals surface area contributed by atoms with Crippen LogP contribution < -0.4 is 5.32 Å². The van der Waals surface area contributed by atoms with E-state index in [0.717, 1.165) is 40.2 Å². The molecule has 4 nitrogen and oxygen atoms in total. The van der Waals surface area contributed by atoms with Crippen LogP contribution >= 0.6 is 0 Å². The van der Waals surface area contributed by atoms with Gasteiger partial charge < -0.3 is 5.32 Å². The number of anilines is 2. The molecule has 1 aliphatic rings. The van der Waals surface area contributed by atoms with Gasteiger partial charge in [0, 0.05) is 41.8 Å². The molecule has 0 atom stereocenters. The minimum absolute atomic E-state index is 0.511. The van der Waals surface area contributed by atoms with Crippen LogP contribution in [0.2, 0.25) is 0 Å². The van der Waals surface area contributed by atoms with Crippen LogP contribution in [0.1, 0.15) is 22.3 Å². The second kappa shape index (κ2) is 7.04. The Balaban J connectivity index is 1.73. The third-order valence-corrected chi connectivity index (χ3v) is 4.29. The van der Waals surface area contributed by atoms with E-state index in [2.05, 4.69) is 21.4 Å². The number of hydrogen-bond donors (Lipinski definition) is 1. The summed E-state index contributed by atoms with van der Waals surface area (Å²) in [5.74, 6) is 0. The van der Waals surface area contributed by atoms with Gasteiger partial charge in [-0.2, -0.15) is 5.26 Å². The lowest BCUT2D eigenvalue weighted by Gasteiger charge is -2.14. The van der Waals surface area contributed by atoms with E-state index in [1.165, 1.54) is 0 Å². The zero-order valence-corrected chi connectivity index (χ0v) is 14.1. The van der Waals surface area contributed by atoms with Crippen LogP contribution in [0, 0.1) is 11.3 Å². The number of rotatable bonds is 4. The molecular formula is C22H16N4. The predicted octanol–water partition coefficient (Wildman–Crippen LogP) is 5.13. The maximum Gasteiger partial charge on any atom is 0.103 e. The van der Waals surface area contributed by atoms with Crippen molar-refractivity contribution in [3.05, 3.63) is 83.2 Å². The highest BCUT2D eigenvalue weighted by Gasteiger charge is 2.14. The Morgan fingerprint density at radius 3 is 2.73 bits per heavy atom. The summed E-state index contributed by atoms with van der Waals surface area (Å²) in [5.41, 5.74) is 6.32. The molecular weight excluding hydrogens is 320 g/mol. The van der Waals surface area contributed by atoms with E-state index >= 15 is 0 Å². The molecule has 4 rings (SSSR count). The molecule has 1 aliphatic heterocycles. The van der Waals surface area contributed by atoms with Gasteiger partial charge in [-0.15, -0.1) is 0 Å². The molecule has 1 aromatic heterocycles. The van der Waals surface area contributed by atoms with Crippen molar-refractivity contribution >= 4 is 35.4 Å². The van der Waals surface area contributed by atoms with Crippen LogP contribution in [0.4, 0.5) is 17.1 Å². The number of fused-ring (bicyclic) bond motifs is 1. The molecule has 0 saturated heterocycles. The normalized spacial score (nSPS) is 12.1. The molecule has 0 aliphatic carbocycles. The van der Waals surface area contributed by atoms with Crippen molar-refractivity contribution in [2.45, 2.75) is 6.42 Å². The lowest BCUT2D eigenvalue weighted by molar-refractivity contribution is 1.28. The molecule has 4 heteroatoms. The van der Waals surface area contributed by atoms with E-state index in [4.69, 9.17) is 0 Å². The first kappa shape index (κ1) is 15.8. The van der Waals surface area contributed by atoms with E-state index in [1.807, 2.05) is 66.9 Å². The van der Waals surface area contributed by atoms with Crippen LogP contribution in [0.25, 0.3) is 12.2 Å². The Morgan fingerprint density at radius 2 is 1.88 bits per heavy atom. The van der Waals surface area contributed by atoms with Gasteiger partial charge in [-0.05, 0) is 17.7 Å². The van der Waals surface area contributed by atoms with Crippen LogP contribution in [-0.4, -0.2) is 11.2 Å². The van der Waals surface area contributed by atoms with Crippen molar-refractivity contribution < 1.29 is 0 Å². The van der Waals surface area contributed by atoms with E-state index < -0.39 is 0 Å². The molecule has 1 N–H and O–H groups in total. The SMILES string of the molecule is N#Cc1cncc(/C=C/c2ccccc2)c1Nc1cccc2c1CC=N2. The average molecular weight is 336 g/mol. The van der Waals surface area contributed by atoms with E-state index in [0.29, 0.717) is 5.56 Å². The van der Waals surface area contributed by atoms with Crippen molar-refractivity contribution in [3.8, 4) is 6.07 Å². The van der Waals surface area contributed by atoms with Gasteiger partial charge in [0.25, 0.3) is 0 Å². The number of nitrogens with one attached hydrogen (secondary N) is 1. The Hall–Kier alpha value is -3.71. The molecule has 124 valence electrons. The van der Waals surface area contributed by atoms with Crippen LogP contribution in [0.5, 0.6) is 0 Å². The largest absolute Gasteiger partial charge is 0.354 e. The second-order valence-corrected chi connectivity index (χ2v) is 5.95. The van der Waals surface area contributed by atoms with Crippen LogP contribution in [0.3, 0.4) is 0 Å². The van der Waals surface area contributed by atoms with E-state index in [-0.39, 0.29) is 0 Å². The topological polar surface area (TPSA) is 61.1 Å². The molecule has 0 unspecified atom stereocenters. The number of pyridine rings is 1. The molecule has 2 heterocycles. The molecule has 0 amide bonds. The molecule has 0 fully saturated rings. The van der Waals surface area contributed by atoms with Gasteiger partial charge in [-0.1, -0.05) is 48.6 Å². The number of aliphatic imine (C=N–C) groups is 1. The molecule has 2 aromatic carbocycles. The number of aromatic nitrogens is 1. The number of benzene rings is 2. The zero-order chi connectivity index (χ0) is 17.8. The van der Waals surface area contributed by atoms with Crippen molar-refractivity contribution in [2.24, 2.45) is 4.99 Å². The first-order chi connectivity index (χ1) is 12.8. The lowest BCUT2D eigenvalue weighted by Crippen LogP contribution is -2.00. The van der Waals surface area contributed by atoms with Crippen molar-refractivity contribution in [1.29, 1.82) is 5.26 Å². The highest BCUT2D eigenvalue weighted by molar-refractivity contribution is 5.86. The third kappa shape index (κ3) is 3.11. The van der Waals surface area contributed by atoms with Gasteiger partial charge in [0.15, 0.2) is 0 Å². The van der Waals surface area contributed by atoms with Gasteiger partial charge in [0.2, 0.25) is 0 Å². The summed E-state index contributed by atoms with van der Waals surface area (Å²) in [7, 11) is 0. The van der Waals surface area contributed by atoms with Crippen LogP contribution in [-0.2, 0) is 6.42 Å². The Morgan fingerprint density at radius 1 is 1.00 bits per heavy atom. The summed E-state index contributed by atoms with van der Waals surface area (Å²) in [6.45, 7) is 0. The summed E-state index contributed by atoms with van der Waals surface area (Å²) in [4.78, 5) is 8.59. The predicted molar refractivity (Wildman–Crippen MR) is 106 cm³/mol. The fourth-order valence-corrected chi connectivity index (χ4v) is 2.97. The smallest absolute Gasteiger partial charge is 0.103 e. The third-order valence-electron chi connectivity index (χ3n) is 4.29. The van der Waals surface area contributed by atoms with E-state index in [1.54, 1.807) is 12.4 Å². The molecule has 3 aromatic rings. The minimum Gasteiger partial charge on any atom is -0.354 e. The van der Waals surface area contributed by atoms with Gasteiger partial charge in [-0.25, -0.2) is 0 Å². The summed E-state index contributed by atoms with van der Waals surface area (Å²) in [5, 5.41) is 13.0. The number of hydrogen-bond acceptors (Lipinski definition) is 4. The first-order valence-corrected chi connectivity index (χ1v) is 8.38. The minimum atomic E-state index is 0.511. The molecule has 0 saturated carbocycles. The molecule has 0 spiro atoms. The summed E-state index contributed by atoms with van der Waals surface area (Å²) >= 11 is 0. The van der Waals surface area contributed by atoms with Gasteiger partial charge in [-0.3, -0.25) is 9.98 Å². The highest BCUT2D eigenvalue weighted by atomic mass is 14.9. The van der Waals surface area contributed by atoms with E-state index in [9.17, 15) is 5.26 Å². The molecule has 0 radical (unpaired) electrons.